The third-order valence-corrected chi connectivity index (χ3v) is 5.17. The highest BCUT2D eigenvalue weighted by atomic mass is 19.1. The van der Waals surface area contributed by atoms with Crippen molar-refractivity contribution < 1.29 is 9.18 Å². The molecule has 3 aromatic carbocycles. The normalized spacial score (nSPS) is 10.9. The van der Waals surface area contributed by atoms with Crippen LogP contribution in [0.25, 0.3) is 28.1 Å². The summed E-state index contributed by atoms with van der Waals surface area (Å²) in [5, 5.41) is 6.92. The van der Waals surface area contributed by atoms with Crippen LogP contribution < -0.4 is 10.9 Å². The molecule has 7 nitrogen and oxygen atoms in total. The second-order valence-corrected chi connectivity index (χ2v) is 7.43. The Balaban J connectivity index is 1.28. The summed E-state index contributed by atoms with van der Waals surface area (Å²) in [5.74, 6) is -0.0710. The molecule has 1 amide bonds. The van der Waals surface area contributed by atoms with Gasteiger partial charge in [0.1, 0.15) is 17.3 Å². The van der Waals surface area contributed by atoms with Crippen LogP contribution in [0.15, 0.2) is 89.7 Å². The van der Waals surface area contributed by atoms with Gasteiger partial charge in [0.2, 0.25) is 0 Å². The van der Waals surface area contributed by atoms with E-state index in [1.165, 1.54) is 36.4 Å². The number of fused-ring (bicyclic) bond motifs is 1. The number of amides is 1. The number of hydrogen-bond donors (Lipinski definition) is 2. The molecule has 0 unspecified atom stereocenters. The van der Waals surface area contributed by atoms with Gasteiger partial charge in [-0.2, -0.15) is 9.78 Å². The molecular formula is C25H18FN5O2. The van der Waals surface area contributed by atoms with E-state index in [1.54, 1.807) is 0 Å². The number of rotatable bonds is 5. The van der Waals surface area contributed by atoms with Crippen LogP contribution in [0, 0.1) is 5.82 Å². The average Bonchev–Trinajstić information content (AvgIpc) is 3.28. The molecule has 162 valence electrons. The fourth-order valence-corrected chi connectivity index (χ4v) is 3.44. The Bertz CT molecular complexity index is 1470. The van der Waals surface area contributed by atoms with E-state index in [0.717, 1.165) is 32.7 Å². The number of carbonyl (C=O) groups excluding carboxylic acids is 1. The molecule has 0 aliphatic carbocycles. The summed E-state index contributed by atoms with van der Waals surface area (Å²) >= 11 is 0. The molecule has 2 N–H and O–H groups in total. The molecule has 0 bridgehead atoms. The van der Waals surface area contributed by atoms with Crippen molar-refractivity contribution in [2.45, 2.75) is 6.54 Å². The predicted octanol–water partition coefficient (Wildman–Crippen LogP) is 3.84. The maximum Gasteiger partial charge on any atom is 0.272 e. The third kappa shape index (κ3) is 4.27. The van der Waals surface area contributed by atoms with E-state index in [0.29, 0.717) is 5.69 Å². The molecule has 2 heterocycles. The zero-order chi connectivity index (χ0) is 22.8. The van der Waals surface area contributed by atoms with Gasteiger partial charge in [0.25, 0.3) is 11.5 Å². The maximum absolute atomic E-state index is 13.2. The van der Waals surface area contributed by atoms with Crippen LogP contribution in [-0.2, 0) is 6.54 Å². The minimum absolute atomic E-state index is 0.0813. The number of imidazole rings is 1. The van der Waals surface area contributed by atoms with Crippen molar-refractivity contribution in [3.05, 3.63) is 112 Å². The zero-order valence-electron chi connectivity index (χ0n) is 17.3. The third-order valence-electron chi connectivity index (χ3n) is 5.17. The van der Waals surface area contributed by atoms with Crippen molar-refractivity contribution in [2.75, 3.05) is 0 Å². The molecule has 0 aliphatic heterocycles. The molecular weight excluding hydrogens is 421 g/mol. The molecule has 0 radical (unpaired) electrons. The molecule has 0 saturated heterocycles. The van der Waals surface area contributed by atoms with Crippen LogP contribution in [0.3, 0.4) is 0 Å². The fourth-order valence-electron chi connectivity index (χ4n) is 3.44. The first-order valence-electron chi connectivity index (χ1n) is 10.3. The minimum atomic E-state index is -0.424. The van der Waals surface area contributed by atoms with Gasteiger partial charge in [0, 0.05) is 18.2 Å². The van der Waals surface area contributed by atoms with E-state index in [2.05, 4.69) is 20.4 Å². The van der Waals surface area contributed by atoms with Gasteiger partial charge < -0.3 is 10.3 Å². The molecule has 5 rings (SSSR count). The number of nitrogens with zero attached hydrogens (tertiary/aromatic N) is 3. The molecule has 0 spiro atoms. The van der Waals surface area contributed by atoms with Crippen molar-refractivity contribution in [1.29, 1.82) is 0 Å². The number of hydrogen-bond acceptors (Lipinski definition) is 4. The lowest BCUT2D eigenvalue weighted by Crippen LogP contribution is -2.28. The van der Waals surface area contributed by atoms with Gasteiger partial charge in [0.05, 0.1) is 16.7 Å². The lowest BCUT2D eigenvalue weighted by Gasteiger charge is -2.08. The minimum Gasteiger partial charge on any atom is -0.347 e. The predicted molar refractivity (Wildman–Crippen MR) is 122 cm³/mol. The summed E-state index contributed by atoms with van der Waals surface area (Å²) in [7, 11) is 0. The van der Waals surface area contributed by atoms with Gasteiger partial charge in [-0.15, -0.1) is 0 Å². The van der Waals surface area contributed by atoms with E-state index < -0.39 is 17.3 Å². The molecule has 5 aromatic rings. The van der Waals surface area contributed by atoms with Crippen LogP contribution in [0.2, 0.25) is 0 Å². The summed E-state index contributed by atoms with van der Waals surface area (Å²) in [6.07, 6.45) is 0. The van der Waals surface area contributed by atoms with E-state index in [4.69, 9.17) is 0 Å². The number of halogens is 1. The molecule has 0 aliphatic rings. The summed E-state index contributed by atoms with van der Waals surface area (Å²) in [6.45, 7) is 0.288. The number of nitrogens with one attached hydrogen (secondary N) is 2. The molecule has 0 fully saturated rings. The van der Waals surface area contributed by atoms with Gasteiger partial charge in [-0.3, -0.25) is 9.59 Å². The number of carbonyl (C=O) groups is 1. The smallest absolute Gasteiger partial charge is 0.272 e. The van der Waals surface area contributed by atoms with Crippen molar-refractivity contribution in [1.82, 2.24) is 25.1 Å². The Hall–Kier alpha value is -4.59. The van der Waals surface area contributed by atoms with Gasteiger partial charge in [-0.25, -0.2) is 9.37 Å². The molecule has 0 atom stereocenters. The van der Waals surface area contributed by atoms with Crippen LogP contribution in [-0.4, -0.2) is 25.7 Å². The van der Waals surface area contributed by atoms with Crippen molar-refractivity contribution in [2.24, 2.45) is 0 Å². The second-order valence-electron chi connectivity index (χ2n) is 7.43. The number of H-pyrrole nitrogens is 1. The standard InChI is InChI=1S/C25H18FN5O2/c26-18-9-11-19(12-10-18)31-23(32)14-13-22(30-31)25(33)27-15-16-5-7-17(8-6-16)24-28-20-3-1-2-4-21(20)29-24/h1-14H,15H2,(H,27,33)(H,28,29). The first-order valence-corrected chi connectivity index (χ1v) is 10.3. The summed E-state index contributed by atoms with van der Waals surface area (Å²) in [4.78, 5) is 32.6. The number of aromatic amines is 1. The highest BCUT2D eigenvalue weighted by Gasteiger charge is 2.11. The first-order chi connectivity index (χ1) is 16.1. The van der Waals surface area contributed by atoms with Crippen LogP contribution in [0.5, 0.6) is 0 Å². The van der Waals surface area contributed by atoms with Crippen molar-refractivity contribution in [3.8, 4) is 17.1 Å². The van der Waals surface area contributed by atoms with E-state index in [1.807, 2.05) is 48.5 Å². The van der Waals surface area contributed by atoms with Crippen LogP contribution in [0.4, 0.5) is 4.39 Å². The molecule has 33 heavy (non-hydrogen) atoms. The molecule has 0 saturated carbocycles. The van der Waals surface area contributed by atoms with Crippen LogP contribution >= 0.6 is 0 Å². The Kier molecular flexibility index (Phi) is 5.24. The number of para-hydroxylation sites is 2. The summed E-state index contributed by atoms with van der Waals surface area (Å²) in [6, 6.07) is 23.4. The number of aromatic nitrogens is 4. The van der Waals surface area contributed by atoms with Gasteiger partial charge in [-0.1, -0.05) is 36.4 Å². The van der Waals surface area contributed by atoms with E-state index in [-0.39, 0.29) is 12.2 Å². The maximum atomic E-state index is 13.2. The summed E-state index contributed by atoms with van der Waals surface area (Å²) in [5.41, 5.74) is 3.75. The SMILES string of the molecule is O=C(NCc1ccc(-c2nc3ccccc3[nH]2)cc1)c1ccc(=O)n(-c2ccc(F)cc2)n1. The fraction of sp³-hybridized carbons (Fsp3) is 0.0400. The van der Waals surface area contributed by atoms with E-state index >= 15 is 0 Å². The lowest BCUT2D eigenvalue weighted by molar-refractivity contribution is 0.0944. The van der Waals surface area contributed by atoms with E-state index in [9.17, 15) is 14.0 Å². The van der Waals surface area contributed by atoms with Gasteiger partial charge in [0.15, 0.2) is 0 Å². The second kappa shape index (κ2) is 8.51. The quantitative estimate of drug-likeness (QED) is 0.435. The van der Waals surface area contributed by atoms with Gasteiger partial charge >= 0.3 is 0 Å². The highest BCUT2D eigenvalue weighted by molar-refractivity contribution is 5.92. The molecule has 8 heteroatoms. The lowest BCUT2D eigenvalue weighted by atomic mass is 10.1. The largest absolute Gasteiger partial charge is 0.347 e. The highest BCUT2D eigenvalue weighted by Crippen LogP contribution is 2.20. The number of benzene rings is 3. The Labute approximate surface area is 187 Å². The monoisotopic (exact) mass is 439 g/mol. The van der Waals surface area contributed by atoms with Gasteiger partial charge in [-0.05, 0) is 48.0 Å². The molecule has 2 aromatic heterocycles. The average molecular weight is 439 g/mol. The van der Waals surface area contributed by atoms with Crippen molar-refractivity contribution in [3.63, 3.8) is 0 Å². The Morgan fingerprint density at radius 1 is 0.939 bits per heavy atom. The van der Waals surface area contributed by atoms with Crippen molar-refractivity contribution >= 4 is 16.9 Å². The Morgan fingerprint density at radius 2 is 1.70 bits per heavy atom. The van der Waals surface area contributed by atoms with Crippen LogP contribution in [0.1, 0.15) is 16.1 Å². The summed E-state index contributed by atoms with van der Waals surface area (Å²) < 4.78 is 14.2. The first kappa shape index (κ1) is 20.3. The Morgan fingerprint density at radius 3 is 2.45 bits per heavy atom. The topological polar surface area (TPSA) is 92.7 Å². The zero-order valence-corrected chi connectivity index (χ0v) is 17.3.